The normalized spacial score (nSPS) is 20.3. The molecule has 138 valence electrons. The summed E-state index contributed by atoms with van der Waals surface area (Å²) in [6.07, 6.45) is 3.17. The number of aliphatic imine (C=N–C) groups is 1. The highest BCUT2D eigenvalue weighted by molar-refractivity contribution is 14.0. The van der Waals surface area contributed by atoms with Gasteiger partial charge >= 0.3 is 0 Å². The molecule has 6 heteroatoms. The van der Waals surface area contributed by atoms with E-state index in [0.717, 1.165) is 51.4 Å². The first-order chi connectivity index (χ1) is 10.6. The van der Waals surface area contributed by atoms with Crippen LogP contribution in [-0.4, -0.2) is 59.8 Å². The SMILES string of the molecule is CCCC(CCO)CN=C(NCC)N1CCSC(C(C)C)C1.I. The summed E-state index contributed by atoms with van der Waals surface area (Å²) >= 11 is 2.09. The van der Waals surface area contributed by atoms with Crippen molar-refractivity contribution < 1.29 is 5.11 Å². The Balaban J connectivity index is 0.00000484. The molecule has 1 fully saturated rings. The highest BCUT2D eigenvalue weighted by Crippen LogP contribution is 2.25. The number of guanidine groups is 1. The van der Waals surface area contributed by atoms with Gasteiger partial charge in [-0.05, 0) is 31.6 Å². The first-order valence-electron chi connectivity index (χ1n) is 8.88. The third-order valence-corrected chi connectivity index (χ3v) is 5.74. The molecule has 1 aliphatic rings. The lowest BCUT2D eigenvalue weighted by Crippen LogP contribution is -2.49. The maximum Gasteiger partial charge on any atom is 0.193 e. The second-order valence-corrected chi connectivity index (χ2v) is 7.81. The maximum absolute atomic E-state index is 9.20. The first kappa shape index (κ1) is 23.3. The van der Waals surface area contributed by atoms with Gasteiger partial charge in [-0.15, -0.1) is 24.0 Å². The summed E-state index contributed by atoms with van der Waals surface area (Å²) in [4.78, 5) is 7.30. The number of hydrogen-bond acceptors (Lipinski definition) is 3. The summed E-state index contributed by atoms with van der Waals surface area (Å²) in [5.41, 5.74) is 0. The third-order valence-electron chi connectivity index (χ3n) is 4.20. The fourth-order valence-corrected chi connectivity index (χ4v) is 4.13. The Kier molecular flexibility index (Phi) is 13.8. The van der Waals surface area contributed by atoms with Gasteiger partial charge in [0, 0.05) is 43.8 Å². The van der Waals surface area contributed by atoms with Gasteiger partial charge in [0.25, 0.3) is 0 Å². The molecule has 2 unspecified atom stereocenters. The van der Waals surface area contributed by atoms with Crippen LogP contribution < -0.4 is 5.32 Å². The highest BCUT2D eigenvalue weighted by atomic mass is 127. The van der Waals surface area contributed by atoms with Gasteiger partial charge in [-0.3, -0.25) is 4.99 Å². The van der Waals surface area contributed by atoms with Crippen molar-refractivity contribution in [2.45, 2.75) is 52.2 Å². The van der Waals surface area contributed by atoms with Gasteiger partial charge < -0.3 is 15.3 Å². The van der Waals surface area contributed by atoms with Crippen LogP contribution in [0, 0.1) is 11.8 Å². The lowest BCUT2D eigenvalue weighted by Gasteiger charge is -2.36. The molecule has 1 saturated heterocycles. The standard InChI is InChI=1S/C17H35N3OS.HI/c1-5-7-15(8-10-21)12-19-17(18-6-2)20-9-11-22-16(13-20)14(3)4;/h14-16,21H,5-13H2,1-4H3,(H,18,19);1H. The van der Waals surface area contributed by atoms with Gasteiger partial charge in [-0.25, -0.2) is 0 Å². The quantitative estimate of drug-likeness (QED) is 0.333. The molecule has 1 rings (SSSR count). The van der Waals surface area contributed by atoms with Gasteiger partial charge in [0.05, 0.1) is 0 Å². The van der Waals surface area contributed by atoms with E-state index in [4.69, 9.17) is 4.99 Å². The van der Waals surface area contributed by atoms with Crippen LogP contribution in [0.1, 0.15) is 47.0 Å². The van der Waals surface area contributed by atoms with E-state index in [2.05, 4.69) is 49.7 Å². The van der Waals surface area contributed by atoms with Gasteiger partial charge in [0.2, 0.25) is 0 Å². The molecule has 0 spiro atoms. The van der Waals surface area contributed by atoms with Crippen LogP contribution in [0.25, 0.3) is 0 Å². The van der Waals surface area contributed by atoms with Crippen LogP contribution in [-0.2, 0) is 0 Å². The van der Waals surface area contributed by atoms with E-state index in [0.29, 0.717) is 17.1 Å². The number of nitrogens with one attached hydrogen (secondary N) is 1. The molecule has 0 radical (unpaired) electrons. The zero-order valence-corrected chi connectivity index (χ0v) is 18.4. The number of aliphatic hydroxyl groups is 1. The van der Waals surface area contributed by atoms with Crippen molar-refractivity contribution in [1.29, 1.82) is 0 Å². The van der Waals surface area contributed by atoms with Crippen LogP contribution in [0.5, 0.6) is 0 Å². The van der Waals surface area contributed by atoms with Gasteiger partial charge in [0.15, 0.2) is 5.96 Å². The van der Waals surface area contributed by atoms with E-state index in [9.17, 15) is 5.11 Å². The van der Waals surface area contributed by atoms with Crippen LogP contribution in [0.15, 0.2) is 4.99 Å². The van der Waals surface area contributed by atoms with Crippen molar-refractivity contribution in [1.82, 2.24) is 10.2 Å². The van der Waals surface area contributed by atoms with Gasteiger partial charge in [0.1, 0.15) is 0 Å². The first-order valence-corrected chi connectivity index (χ1v) is 9.92. The van der Waals surface area contributed by atoms with Crippen molar-refractivity contribution in [3.8, 4) is 0 Å². The zero-order valence-electron chi connectivity index (χ0n) is 15.3. The number of aliphatic hydroxyl groups excluding tert-OH is 1. The number of hydrogen-bond donors (Lipinski definition) is 2. The molecule has 1 aliphatic heterocycles. The Morgan fingerprint density at radius 3 is 2.65 bits per heavy atom. The summed E-state index contributed by atoms with van der Waals surface area (Å²) in [7, 11) is 0. The Bertz CT molecular complexity index is 323. The molecule has 0 amide bonds. The molecule has 2 atom stereocenters. The van der Waals surface area contributed by atoms with Crippen LogP contribution in [0.3, 0.4) is 0 Å². The molecule has 0 aromatic heterocycles. The monoisotopic (exact) mass is 457 g/mol. The minimum atomic E-state index is 0. The predicted molar refractivity (Wildman–Crippen MR) is 114 cm³/mol. The van der Waals surface area contributed by atoms with Crippen molar-refractivity contribution in [2.24, 2.45) is 16.8 Å². The Labute approximate surface area is 164 Å². The molecule has 0 aromatic carbocycles. The molecular formula is C17H36IN3OS. The van der Waals surface area contributed by atoms with Crippen molar-refractivity contribution in [3.63, 3.8) is 0 Å². The molecule has 0 aliphatic carbocycles. The average Bonchev–Trinajstić information content (AvgIpc) is 2.51. The molecule has 0 aromatic rings. The Morgan fingerprint density at radius 2 is 2.09 bits per heavy atom. The number of nitrogens with zero attached hydrogens (tertiary/aromatic N) is 2. The molecule has 1 heterocycles. The van der Waals surface area contributed by atoms with E-state index in [1.807, 2.05) is 0 Å². The molecule has 2 N–H and O–H groups in total. The number of rotatable bonds is 8. The van der Waals surface area contributed by atoms with E-state index in [1.54, 1.807) is 0 Å². The average molecular weight is 457 g/mol. The fourth-order valence-electron chi connectivity index (χ4n) is 2.83. The second-order valence-electron chi connectivity index (χ2n) is 6.46. The summed E-state index contributed by atoms with van der Waals surface area (Å²) < 4.78 is 0. The fraction of sp³-hybridized carbons (Fsp3) is 0.941. The number of thioether (sulfide) groups is 1. The molecule has 0 bridgehead atoms. The molecular weight excluding hydrogens is 421 g/mol. The molecule has 23 heavy (non-hydrogen) atoms. The largest absolute Gasteiger partial charge is 0.396 e. The molecule has 4 nitrogen and oxygen atoms in total. The lowest BCUT2D eigenvalue weighted by atomic mass is 10.0. The van der Waals surface area contributed by atoms with Gasteiger partial charge in [-0.1, -0.05) is 27.2 Å². The number of halogens is 1. The lowest BCUT2D eigenvalue weighted by molar-refractivity contribution is 0.253. The topological polar surface area (TPSA) is 47.9 Å². The predicted octanol–water partition coefficient (Wildman–Crippen LogP) is 3.44. The van der Waals surface area contributed by atoms with Crippen molar-refractivity contribution >= 4 is 41.7 Å². The maximum atomic E-state index is 9.20. The van der Waals surface area contributed by atoms with Crippen LogP contribution in [0.4, 0.5) is 0 Å². The summed E-state index contributed by atoms with van der Waals surface area (Å²) in [5, 5.41) is 13.4. The van der Waals surface area contributed by atoms with E-state index >= 15 is 0 Å². The Morgan fingerprint density at radius 1 is 1.35 bits per heavy atom. The van der Waals surface area contributed by atoms with Crippen LogP contribution >= 0.6 is 35.7 Å². The van der Waals surface area contributed by atoms with Gasteiger partial charge in [-0.2, -0.15) is 11.8 Å². The summed E-state index contributed by atoms with van der Waals surface area (Å²) in [6, 6.07) is 0. The van der Waals surface area contributed by atoms with Crippen molar-refractivity contribution in [2.75, 3.05) is 38.5 Å². The highest BCUT2D eigenvalue weighted by Gasteiger charge is 2.25. The van der Waals surface area contributed by atoms with E-state index in [-0.39, 0.29) is 30.6 Å². The minimum absolute atomic E-state index is 0. The van der Waals surface area contributed by atoms with Crippen molar-refractivity contribution in [3.05, 3.63) is 0 Å². The zero-order chi connectivity index (χ0) is 16.4. The van der Waals surface area contributed by atoms with Crippen LogP contribution in [0.2, 0.25) is 0 Å². The summed E-state index contributed by atoms with van der Waals surface area (Å²) in [6.45, 7) is 13.1. The third kappa shape index (κ3) is 8.82. The van der Waals surface area contributed by atoms with E-state index in [1.165, 1.54) is 5.75 Å². The molecule has 0 saturated carbocycles. The van der Waals surface area contributed by atoms with E-state index < -0.39 is 0 Å². The minimum Gasteiger partial charge on any atom is -0.396 e. The Hall–Kier alpha value is 0.310. The second kappa shape index (κ2) is 13.6. The smallest absolute Gasteiger partial charge is 0.193 e. The summed E-state index contributed by atoms with van der Waals surface area (Å²) in [5.74, 6) is 3.46.